The van der Waals surface area contributed by atoms with Crippen molar-refractivity contribution >= 4 is 34.2 Å². The monoisotopic (exact) mass is 495 g/mol. The molecule has 2 aromatic heterocycles. The van der Waals surface area contributed by atoms with Gasteiger partial charge in [-0.15, -0.1) is 0 Å². The second-order valence-electron chi connectivity index (χ2n) is 8.56. The molecule has 0 bridgehead atoms. The SMILES string of the molecule is CC(C)(O)c1cc(CNC(=O)Nc2cccc3c2ccc(=O)n3CCO)n(-c2cccc(Cl)c2)n1. The largest absolute Gasteiger partial charge is 0.395 e. The second kappa shape index (κ2) is 9.91. The molecule has 2 amide bonds. The van der Waals surface area contributed by atoms with Gasteiger partial charge >= 0.3 is 6.03 Å². The van der Waals surface area contributed by atoms with Gasteiger partial charge in [-0.1, -0.05) is 23.7 Å². The maximum absolute atomic E-state index is 12.8. The van der Waals surface area contributed by atoms with Gasteiger partial charge in [0.15, 0.2) is 0 Å². The Kier molecular flexibility index (Phi) is 6.93. The van der Waals surface area contributed by atoms with Gasteiger partial charge in [-0.2, -0.15) is 5.10 Å². The maximum Gasteiger partial charge on any atom is 0.319 e. The topological polar surface area (TPSA) is 121 Å². The summed E-state index contributed by atoms with van der Waals surface area (Å²) in [4.78, 5) is 25.0. The van der Waals surface area contributed by atoms with E-state index < -0.39 is 11.6 Å². The third-order valence-corrected chi connectivity index (χ3v) is 5.73. The van der Waals surface area contributed by atoms with Gasteiger partial charge < -0.3 is 25.4 Å². The molecule has 0 spiro atoms. The van der Waals surface area contributed by atoms with E-state index in [4.69, 9.17) is 11.6 Å². The molecule has 0 aliphatic carbocycles. The molecule has 182 valence electrons. The van der Waals surface area contributed by atoms with Crippen molar-refractivity contribution < 1.29 is 15.0 Å². The van der Waals surface area contributed by atoms with Crippen molar-refractivity contribution in [2.75, 3.05) is 11.9 Å². The standard InChI is InChI=1S/C25H26ClN5O4/c1-25(2,35)22-14-18(31(29-22)17-6-3-5-16(26)13-17)15-27-24(34)28-20-7-4-8-21-19(20)9-10-23(33)30(21)11-12-32/h3-10,13-14,32,35H,11-12,15H2,1-2H3,(H2,27,28,34). The molecule has 0 unspecified atom stereocenters. The molecule has 2 heterocycles. The summed E-state index contributed by atoms with van der Waals surface area (Å²) in [6.45, 7) is 3.38. The molecule has 0 aliphatic rings. The predicted octanol–water partition coefficient (Wildman–Crippen LogP) is 3.38. The molecule has 4 rings (SSSR count). The molecule has 4 aromatic rings. The van der Waals surface area contributed by atoms with Gasteiger partial charge in [0.1, 0.15) is 5.60 Å². The summed E-state index contributed by atoms with van der Waals surface area (Å²) in [6, 6.07) is 16.7. The third-order valence-electron chi connectivity index (χ3n) is 5.50. The van der Waals surface area contributed by atoms with Gasteiger partial charge in [-0.3, -0.25) is 4.79 Å². The maximum atomic E-state index is 12.8. The molecule has 0 fully saturated rings. The molecular formula is C25H26ClN5O4. The zero-order chi connectivity index (χ0) is 25.2. The number of rotatable bonds is 7. The third kappa shape index (κ3) is 5.37. The van der Waals surface area contributed by atoms with Gasteiger partial charge in [0.2, 0.25) is 0 Å². The summed E-state index contributed by atoms with van der Waals surface area (Å²) >= 11 is 6.14. The Hall–Kier alpha value is -3.66. The first-order valence-corrected chi connectivity index (χ1v) is 11.4. The number of benzene rings is 2. The van der Waals surface area contributed by atoms with Crippen molar-refractivity contribution in [3.63, 3.8) is 0 Å². The molecule has 9 nitrogen and oxygen atoms in total. The summed E-state index contributed by atoms with van der Waals surface area (Å²) in [6.07, 6.45) is 0. The zero-order valence-electron chi connectivity index (χ0n) is 19.3. The van der Waals surface area contributed by atoms with Crippen LogP contribution in [0.25, 0.3) is 16.6 Å². The molecule has 0 saturated carbocycles. The van der Waals surface area contributed by atoms with E-state index in [1.165, 1.54) is 10.6 Å². The van der Waals surface area contributed by atoms with Crippen LogP contribution in [0.1, 0.15) is 25.2 Å². The number of hydrogen-bond acceptors (Lipinski definition) is 5. The van der Waals surface area contributed by atoms with Crippen LogP contribution in [0, 0.1) is 0 Å². The molecule has 2 aromatic carbocycles. The number of aromatic nitrogens is 3. The van der Waals surface area contributed by atoms with Crippen LogP contribution in [-0.4, -0.2) is 37.2 Å². The number of nitrogens with zero attached hydrogens (tertiary/aromatic N) is 3. The van der Waals surface area contributed by atoms with Crippen LogP contribution in [0.15, 0.2) is 65.5 Å². The average molecular weight is 496 g/mol. The molecule has 10 heteroatoms. The van der Waals surface area contributed by atoms with E-state index in [1.807, 2.05) is 6.07 Å². The van der Waals surface area contributed by atoms with Crippen molar-refractivity contribution in [3.8, 4) is 5.69 Å². The Bertz CT molecular complexity index is 1440. The van der Waals surface area contributed by atoms with E-state index >= 15 is 0 Å². The number of carbonyl (C=O) groups excluding carboxylic acids is 1. The normalized spacial score (nSPS) is 11.6. The van der Waals surface area contributed by atoms with Crippen molar-refractivity contribution in [1.82, 2.24) is 19.7 Å². The molecule has 0 saturated heterocycles. The molecule has 4 N–H and O–H groups in total. The van der Waals surface area contributed by atoms with Crippen molar-refractivity contribution in [1.29, 1.82) is 0 Å². The summed E-state index contributed by atoms with van der Waals surface area (Å²) in [5.74, 6) is 0. The van der Waals surface area contributed by atoms with E-state index in [0.717, 1.165) is 0 Å². The van der Waals surface area contributed by atoms with E-state index in [1.54, 1.807) is 67.1 Å². The fourth-order valence-corrected chi connectivity index (χ4v) is 3.96. The van der Waals surface area contributed by atoms with E-state index in [2.05, 4.69) is 15.7 Å². The lowest BCUT2D eigenvalue weighted by Crippen LogP contribution is -2.29. The van der Waals surface area contributed by atoms with E-state index in [9.17, 15) is 19.8 Å². The Labute approximate surface area is 206 Å². The number of aliphatic hydroxyl groups is 2. The number of amides is 2. The zero-order valence-corrected chi connectivity index (χ0v) is 20.1. The van der Waals surface area contributed by atoms with Crippen LogP contribution in [0.5, 0.6) is 0 Å². The minimum atomic E-state index is -1.17. The van der Waals surface area contributed by atoms with Crippen LogP contribution in [0.3, 0.4) is 0 Å². The highest BCUT2D eigenvalue weighted by Gasteiger charge is 2.23. The van der Waals surface area contributed by atoms with Crippen LogP contribution < -0.4 is 16.2 Å². The van der Waals surface area contributed by atoms with Gasteiger partial charge in [0, 0.05) is 23.0 Å². The summed E-state index contributed by atoms with van der Waals surface area (Å²) in [5, 5.41) is 31.1. The number of aliphatic hydroxyl groups excluding tert-OH is 1. The smallest absolute Gasteiger partial charge is 0.319 e. The molecular weight excluding hydrogens is 470 g/mol. The highest BCUT2D eigenvalue weighted by molar-refractivity contribution is 6.30. The minimum Gasteiger partial charge on any atom is -0.395 e. The van der Waals surface area contributed by atoms with Gasteiger partial charge in [0.25, 0.3) is 5.56 Å². The lowest BCUT2D eigenvalue weighted by molar-refractivity contribution is 0.0734. The Balaban J connectivity index is 1.58. The summed E-state index contributed by atoms with van der Waals surface area (Å²) < 4.78 is 3.09. The van der Waals surface area contributed by atoms with Gasteiger partial charge in [-0.25, -0.2) is 9.48 Å². The first-order chi connectivity index (χ1) is 16.7. The number of fused-ring (bicyclic) bond motifs is 1. The Morgan fingerprint density at radius 2 is 1.89 bits per heavy atom. The molecule has 0 atom stereocenters. The number of anilines is 1. The van der Waals surface area contributed by atoms with Crippen molar-refractivity contribution in [2.45, 2.75) is 32.5 Å². The average Bonchev–Trinajstić information content (AvgIpc) is 3.25. The van der Waals surface area contributed by atoms with Crippen LogP contribution >= 0.6 is 11.6 Å². The quantitative estimate of drug-likeness (QED) is 0.313. The van der Waals surface area contributed by atoms with Gasteiger partial charge in [-0.05, 0) is 56.3 Å². The number of carbonyl (C=O) groups is 1. The Morgan fingerprint density at radius 3 is 2.60 bits per heavy atom. The fraction of sp³-hybridized carbons (Fsp3) is 0.240. The number of urea groups is 1. The van der Waals surface area contributed by atoms with Gasteiger partial charge in [0.05, 0.1) is 41.4 Å². The highest BCUT2D eigenvalue weighted by Crippen LogP contribution is 2.24. The number of pyridine rings is 1. The van der Waals surface area contributed by atoms with Crippen molar-refractivity contribution in [2.24, 2.45) is 0 Å². The number of hydrogen-bond donors (Lipinski definition) is 4. The van der Waals surface area contributed by atoms with Crippen molar-refractivity contribution in [3.05, 3.63) is 87.4 Å². The number of halogens is 1. The first-order valence-electron chi connectivity index (χ1n) is 11.0. The lowest BCUT2D eigenvalue weighted by atomic mass is 10.1. The second-order valence-corrected chi connectivity index (χ2v) is 9.00. The highest BCUT2D eigenvalue weighted by atomic mass is 35.5. The predicted molar refractivity (Wildman–Crippen MR) is 135 cm³/mol. The summed E-state index contributed by atoms with van der Waals surface area (Å²) in [7, 11) is 0. The minimum absolute atomic E-state index is 0.126. The van der Waals surface area contributed by atoms with E-state index in [-0.39, 0.29) is 25.3 Å². The van der Waals surface area contributed by atoms with E-state index in [0.29, 0.717) is 38.7 Å². The lowest BCUT2D eigenvalue weighted by Gasteiger charge is -2.14. The van der Waals surface area contributed by atoms with Crippen LogP contribution in [-0.2, 0) is 18.7 Å². The van der Waals surface area contributed by atoms with Crippen LogP contribution in [0.4, 0.5) is 10.5 Å². The molecule has 0 aliphatic heterocycles. The fourth-order valence-electron chi connectivity index (χ4n) is 3.78. The Morgan fingerprint density at radius 1 is 1.11 bits per heavy atom. The number of nitrogens with one attached hydrogen (secondary N) is 2. The van der Waals surface area contributed by atoms with Crippen LogP contribution in [0.2, 0.25) is 5.02 Å². The summed E-state index contributed by atoms with van der Waals surface area (Å²) in [5.41, 5.74) is 1.52. The molecule has 35 heavy (non-hydrogen) atoms. The molecule has 0 radical (unpaired) electrons. The first kappa shape index (κ1) is 24.5.